The van der Waals surface area contributed by atoms with E-state index < -0.39 is 97.5 Å². The molecule has 99 heavy (non-hydrogen) atoms. The van der Waals surface area contributed by atoms with E-state index in [0.717, 1.165) is 95.8 Å². The van der Waals surface area contributed by atoms with Gasteiger partial charge in [-0.25, -0.2) is 9.13 Å². The molecule has 0 aromatic rings. The van der Waals surface area contributed by atoms with Gasteiger partial charge in [0, 0.05) is 25.7 Å². The van der Waals surface area contributed by atoms with Crippen LogP contribution in [0.2, 0.25) is 0 Å². The predicted octanol–water partition coefficient (Wildman–Crippen LogP) is 24.0. The summed E-state index contributed by atoms with van der Waals surface area (Å²) in [6.07, 6.45) is 63.7. The lowest BCUT2D eigenvalue weighted by Gasteiger charge is -2.21. The van der Waals surface area contributed by atoms with E-state index in [4.69, 9.17) is 37.0 Å². The Labute approximate surface area is 607 Å². The lowest BCUT2D eigenvalue weighted by molar-refractivity contribution is -0.161. The summed E-state index contributed by atoms with van der Waals surface area (Å²) >= 11 is 0. The molecule has 0 spiro atoms. The fraction of sp³-hybridized carbons (Fsp3) is 0.950. The lowest BCUT2D eigenvalue weighted by Crippen LogP contribution is -2.30. The molecule has 588 valence electrons. The smallest absolute Gasteiger partial charge is 0.462 e. The second-order valence-corrected chi connectivity index (χ2v) is 32.0. The number of rotatable bonds is 80. The Morgan fingerprint density at radius 1 is 0.283 bits per heavy atom. The summed E-state index contributed by atoms with van der Waals surface area (Å²) in [6.45, 7) is 7.38. The molecule has 0 aromatic heterocycles. The van der Waals surface area contributed by atoms with Crippen LogP contribution in [0, 0.1) is 5.92 Å². The van der Waals surface area contributed by atoms with Crippen molar-refractivity contribution in [1.29, 1.82) is 0 Å². The third kappa shape index (κ3) is 72.8. The van der Waals surface area contributed by atoms with Crippen LogP contribution in [0.4, 0.5) is 0 Å². The molecule has 0 saturated heterocycles. The van der Waals surface area contributed by atoms with Gasteiger partial charge in [-0.3, -0.25) is 37.3 Å². The summed E-state index contributed by atoms with van der Waals surface area (Å²) in [7, 11) is -9.91. The number of ether oxygens (including phenoxy) is 4. The molecule has 3 N–H and O–H groups in total. The molecule has 3 unspecified atom stereocenters. The van der Waals surface area contributed by atoms with Crippen LogP contribution in [0.3, 0.4) is 0 Å². The molecule has 0 heterocycles. The Kier molecular flexibility index (Phi) is 71.6. The van der Waals surface area contributed by atoms with Crippen LogP contribution in [0.1, 0.15) is 426 Å². The summed E-state index contributed by atoms with van der Waals surface area (Å²) in [5.74, 6) is -1.24. The van der Waals surface area contributed by atoms with Gasteiger partial charge in [0.2, 0.25) is 0 Å². The van der Waals surface area contributed by atoms with Gasteiger partial charge in [-0.1, -0.05) is 375 Å². The zero-order valence-electron chi connectivity index (χ0n) is 64.6. The number of phosphoric ester groups is 2. The Bertz CT molecular complexity index is 1890. The number of hydrogen-bond donors (Lipinski definition) is 3. The first-order chi connectivity index (χ1) is 48.1. The zero-order chi connectivity index (χ0) is 72.7. The van der Waals surface area contributed by atoms with Crippen LogP contribution in [0.15, 0.2) is 0 Å². The fourth-order valence-electron chi connectivity index (χ4n) is 12.4. The maximum atomic E-state index is 13.1. The number of carbonyl (C=O) groups excluding carboxylic acids is 4. The highest BCUT2D eigenvalue weighted by atomic mass is 31.2. The molecule has 0 aliphatic rings. The summed E-state index contributed by atoms with van der Waals surface area (Å²) in [5, 5.41) is 10.6. The molecule has 19 heteroatoms. The third-order valence-corrected chi connectivity index (χ3v) is 21.0. The van der Waals surface area contributed by atoms with Crippen LogP contribution in [0.5, 0.6) is 0 Å². The van der Waals surface area contributed by atoms with Crippen LogP contribution >= 0.6 is 15.6 Å². The molecular formula is C80H156O17P2. The molecule has 0 fully saturated rings. The maximum absolute atomic E-state index is 13.1. The first-order valence-electron chi connectivity index (χ1n) is 41.7. The highest BCUT2D eigenvalue weighted by Crippen LogP contribution is 2.45. The number of carbonyl (C=O) groups is 4. The molecule has 0 aliphatic carbocycles. The number of hydrogen-bond acceptors (Lipinski definition) is 15. The topological polar surface area (TPSA) is 237 Å². The van der Waals surface area contributed by atoms with Crippen molar-refractivity contribution in [3.8, 4) is 0 Å². The summed E-state index contributed by atoms with van der Waals surface area (Å²) in [4.78, 5) is 72.9. The largest absolute Gasteiger partial charge is 0.472 e. The molecule has 6 atom stereocenters. The molecule has 0 aromatic carbocycles. The number of aliphatic hydroxyl groups excluding tert-OH is 1. The second-order valence-electron chi connectivity index (χ2n) is 29.1. The normalized spacial score (nSPS) is 14.1. The minimum absolute atomic E-state index is 0.108. The summed E-state index contributed by atoms with van der Waals surface area (Å²) < 4.78 is 68.6. The zero-order valence-corrected chi connectivity index (χ0v) is 66.4. The van der Waals surface area contributed by atoms with Crippen molar-refractivity contribution in [3.05, 3.63) is 0 Å². The van der Waals surface area contributed by atoms with Gasteiger partial charge in [0.15, 0.2) is 12.2 Å². The van der Waals surface area contributed by atoms with Gasteiger partial charge in [-0.15, -0.1) is 0 Å². The number of phosphoric acid groups is 2. The molecule has 0 bridgehead atoms. The number of unbranched alkanes of at least 4 members (excludes halogenated alkanes) is 51. The quantitative estimate of drug-likeness (QED) is 0.0222. The van der Waals surface area contributed by atoms with E-state index >= 15 is 0 Å². The van der Waals surface area contributed by atoms with E-state index in [9.17, 15) is 43.2 Å². The van der Waals surface area contributed by atoms with E-state index in [0.29, 0.717) is 25.7 Å². The fourth-order valence-corrected chi connectivity index (χ4v) is 14.0. The van der Waals surface area contributed by atoms with Crippen molar-refractivity contribution in [3.63, 3.8) is 0 Å². The van der Waals surface area contributed by atoms with Crippen LogP contribution in [0.25, 0.3) is 0 Å². The maximum Gasteiger partial charge on any atom is 0.472 e. The minimum Gasteiger partial charge on any atom is -0.462 e. The van der Waals surface area contributed by atoms with Crippen LogP contribution < -0.4 is 0 Å². The highest BCUT2D eigenvalue weighted by Gasteiger charge is 2.30. The average molecular weight is 1450 g/mol. The van der Waals surface area contributed by atoms with E-state index in [-0.39, 0.29) is 25.7 Å². The number of aliphatic hydroxyl groups is 1. The van der Waals surface area contributed by atoms with Crippen molar-refractivity contribution >= 4 is 39.5 Å². The van der Waals surface area contributed by atoms with Gasteiger partial charge in [0.05, 0.1) is 26.4 Å². The minimum atomic E-state index is -4.96. The van der Waals surface area contributed by atoms with Crippen molar-refractivity contribution < 1.29 is 80.2 Å². The monoisotopic (exact) mass is 1450 g/mol. The van der Waals surface area contributed by atoms with Gasteiger partial charge in [-0.2, -0.15) is 0 Å². The van der Waals surface area contributed by atoms with E-state index in [2.05, 4.69) is 34.6 Å². The Morgan fingerprint density at radius 2 is 0.485 bits per heavy atom. The molecule has 0 aliphatic heterocycles. The Morgan fingerprint density at radius 3 is 0.717 bits per heavy atom. The van der Waals surface area contributed by atoms with Gasteiger partial charge >= 0.3 is 39.5 Å². The first-order valence-corrected chi connectivity index (χ1v) is 44.7. The van der Waals surface area contributed by atoms with Crippen molar-refractivity contribution in [1.82, 2.24) is 0 Å². The molecule has 0 radical (unpaired) electrons. The molecular weight excluding hydrogens is 1290 g/mol. The summed E-state index contributed by atoms with van der Waals surface area (Å²) in [6, 6.07) is 0. The van der Waals surface area contributed by atoms with Crippen molar-refractivity contribution in [2.45, 2.75) is 445 Å². The second kappa shape index (κ2) is 73.0. The van der Waals surface area contributed by atoms with Crippen LogP contribution in [-0.4, -0.2) is 96.7 Å². The molecule has 17 nitrogen and oxygen atoms in total. The third-order valence-electron chi connectivity index (χ3n) is 19.1. The standard InChI is InChI=1S/C80H156O17P2/c1-6-10-13-16-19-22-25-27-36-39-44-49-54-59-64-78(83)91-70-76(97-80(85)66-61-56-51-46-41-37-33-31-29-28-30-32-35-38-42-47-52-57-62-73(5)9-4)72-95-99(88,89)93-68-74(81)67-92-98(86,87)94-71-75(69-90-77(82)63-58-53-48-43-24-21-18-15-12-8-3)96-79(84)65-60-55-50-45-40-34-26-23-20-17-14-11-7-2/h73-76,81H,6-72H2,1-5H3,(H,86,87)(H,88,89)/t73?,74-,75+,76+/m0/s1. The molecule has 0 saturated carbocycles. The lowest BCUT2D eigenvalue weighted by atomic mass is 9.99. The SMILES string of the molecule is CCCCCCCCCCCCCCCCC(=O)OC[C@H](COP(=O)(O)OC[C@@H](O)COP(=O)(O)OC[C@@H](COC(=O)CCCCCCCCCCCC)OC(=O)CCCCCCCCCCCCCCC)OC(=O)CCCCCCCCCCCCCCCCCCCCC(C)CC. The van der Waals surface area contributed by atoms with Gasteiger partial charge in [-0.05, 0) is 31.6 Å². The van der Waals surface area contributed by atoms with Gasteiger partial charge in [0.1, 0.15) is 19.3 Å². The van der Waals surface area contributed by atoms with Crippen molar-refractivity contribution in [2.24, 2.45) is 5.92 Å². The highest BCUT2D eigenvalue weighted by molar-refractivity contribution is 7.47. The van der Waals surface area contributed by atoms with E-state index in [1.54, 1.807) is 0 Å². The molecule has 0 rings (SSSR count). The average Bonchev–Trinajstić information content (AvgIpc) is 1.01. The van der Waals surface area contributed by atoms with Crippen LogP contribution in [-0.2, 0) is 65.4 Å². The number of esters is 4. The van der Waals surface area contributed by atoms with Gasteiger partial charge < -0.3 is 33.8 Å². The van der Waals surface area contributed by atoms with E-state index in [1.807, 2.05) is 0 Å². The summed E-state index contributed by atoms with van der Waals surface area (Å²) in [5.41, 5.74) is 0. The van der Waals surface area contributed by atoms with Gasteiger partial charge in [0.25, 0.3) is 0 Å². The Balaban J connectivity index is 5.20. The Hall–Kier alpha value is -1.94. The predicted molar refractivity (Wildman–Crippen MR) is 405 cm³/mol. The van der Waals surface area contributed by atoms with E-state index in [1.165, 1.54) is 250 Å². The molecule has 0 amide bonds. The van der Waals surface area contributed by atoms with Crippen molar-refractivity contribution in [2.75, 3.05) is 39.6 Å². The first kappa shape index (κ1) is 97.1.